The average Bonchev–Trinajstić information content (AvgIpc) is 3.23. The van der Waals surface area contributed by atoms with Crippen LogP contribution in [-0.2, 0) is 9.53 Å². The number of rotatable bonds is 3. The second-order valence-corrected chi connectivity index (χ2v) is 5.92. The van der Waals surface area contributed by atoms with Gasteiger partial charge in [-0.2, -0.15) is 0 Å². The SMILES string of the molecule is COc1ccc([C@@H]2c3occc3C(=O)[C@H]3COC(=O)[C@@H]23)cc1OC. The quantitative estimate of drug-likeness (QED) is 0.806. The molecule has 3 atom stereocenters. The van der Waals surface area contributed by atoms with Crippen molar-refractivity contribution >= 4 is 11.8 Å². The minimum absolute atomic E-state index is 0.0914. The molecule has 2 aromatic rings. The van der Waals surface area contributed by atoms with E-state index in [2.05, 4.69) is 0 Å². The third-order valence-corrected chi connectivity index (χ3v) is 4.82. The van der Waals surface area contributed by atoms with Gasteiger partial charge in [-0.15, -0.1) is 0 Å². The molecule has 1 aromatic heterocycles. The van der Waals surface area contributed by atoms with Crippen LogP contribution in [0.1, 0.15) is 27.6 Å². The lowest BCUT2D eigenvalue weighted by Crippen LogP contribution is -2.35. The molecule has 6 nitrogen and oxygen atoms in total. The zero-order chi connectivity index (χ0) is 16.8. The van der Waals surface area contributed by atoms with Crippen LogP contribution in [0, 0.1) is 11.8 Å². The highest BCUT2D eigenvalue weighted by molar-refractivity contribution is 6.04. The predicted molar refractivity (Wildman–Crippen MR) is 82.4 cm³/mol. The van der Waals surface area contributed by atoms with Crippen molar-refractivity contribution in [2.75, 3.05) is 20.8 Å². The van der Waals surface area contributed by atoms with E-state index in [9.17, 15) is 9.59 Å². The van der Waals surface area contributed by atoms with Crippen molar-refractivity contribution < 1.29 is 28.2 Å². The molecule has 1 fully saturated rings. The number of carbonyl (C=O) groups excluding carboxylic acids is 2. The van der Waals surface area contributed by atoms with Crippen LogP contribution < -0.4 is 9.47 Å². The van der Waals surface area contributed by atoms with Crippen LogP contribution in [0.2, 0.25) is 0 Å². The predicted octanol–water partition coefficient (Wildman–Crippen LogP) is 2.41. The molecule has 24 heavy (non-hydrogen) atoms. The van der Waals surface area contributed by atoms with Gasteiger partial charge in [0.1, 0.15) is 12.4 Å². The van der Waals surface area contributed by atoms with E-state index in [4.69, 9.17) is 18.6 Å². The maximum absolute atomic E-state index is 12.6. The second-order valence-electron chi connectivity index (χ2n) is 5.92. The molecule has 0 spiro atoms. The Morgan fingerprint density at radius 2 is 1.88 bits per heavy atom. The van der Waals surface area contributed by atoms with Crippen LogP contribution in [0.5, 0.6) is 11.5 Å². The maximum Gasteiger partial charge on any atom is 0.310 e. The van der Waals surface area contributed by atoms with Crippen LogP contribution in [-0.4, -0.2) is 32.6 Å². The number of hydrogen-bond donors (Lipinski definition) is 0. The van der Waals surface area contributed by atoms with Crippen molar-refractivity contribution in [1.82, 2.24) is 0 Å². The smallest absolute Gasteiger partial charge is 0.310 e. The van der Waals surface area contributed by atoms with Crippen LogP contribution in [0.15, 0.2) is 34.9 Å². The van der Waals surface area contributed by atoms with Crippen molar-refractivity contribution in [1.29, 1.82) is 0 Å². The Morgan fingerprint density at radius 1 is 1.08 bits per heavy atom. The number of hydrogen-bond acceptors (Lipinski definition) is 6. The lowest BCUT2D eigenvalue weighted by Gasteiger charge is -2.29. The first-order chi connectivity index (χ1) is 11.7. The number of benzene rings is 1. The summed E-state index contributed by atoms with van der Waals surface area (Å²) < 4.78 is 21.4. The normalized spacial score (nSPS) is 25.0. The van der Waals surface area contributed by atoms with Gasteiger partial charge in [-0.1, -0.05) is 6.07 Å². The average molecular weight is 328 g/mol. The van der Waals surface area contributed by atoms with E-state index in [1.807, 2.05) is 12.1 Å². The number of cyclic esters (lactones) is 1. The standard InChI is InChI=1S/C18H16O6/c1-21-12-4-3-9(7-13(12)22-2)14-15-11(8-24-18(15)20)16(19)10-5-6-23-17(10)14/h3-7,11,14-15H,8H2,1-2H3/t11-,14-,15+/m0/s1. The van der Waals surface area contributed by atoms with E-state index in [0.29, 0.717) is 22.8 Å². The summed E-state index contributed by atoms with van der Waals surface area (Å²) in [5, 5.41) is 0. The maximum atomic E-state index is 12.6. The van der Waals surface area contributed by atoms with E-state index in [1.165, 1.54) is 6.26 Å². The van der Waals surface area contributed by atoms with Gasteiger partial charge in [-0.3, -0.25) is 9.59 Å². The third kappa shape index (κ3) is 1.95. The lowest BCUT2D eigenvalue weighted by atomic mass is 9.70. The minimum Gasteiger partial charge on any atom is -0.493 e. The molecular weight excluding hydrogens is 312 g/mol. The van der Waals surface area contributed by atoms with Crippen molar-refractivity contribution in [3.8, 4) is 11.5 Å². The Morgan fingerprint density at radius 3 is 2.62 bits per heavy atom. The molecule has 1 aliphatic carbocycles. The summed E-state index contributed by atoms with van der Waals surface area (Å²) in [5.41, 5.74) is 1.35. The van der Waals surface area contributed by atoms with Crippen molar-refractivity contribution in [3.63, 3.8) is 0 Å². The van der Waals surface area contributed by atoms with Gasteiger partial charge in [0, 0.05) is 0 Å². The van der Waals surface area contributed by atoms with Crippen LogP contribution >= 0.6 is 0 Å². The number of esters is 1. The fraction of sp³-hybridized carbons (Fsp3) is 0.333. The van der Waals surface area contributed by atoms with E-state index in [0.717, 1.165) is 5.56 Å². The molecule has 0 radical (unpaired) electrons. The highest BCUT2D eigenvalue weighted by Crippen LogP contribution is 2.48. The van der Waals surface area contributed by atoms with Gasteiger partial charge in [0.25, 0.3) is 0 Å². The summed E-state index contributed by atoms with van der Waals surface area (Å²) in [6.45, 7) is 0.122. The van der Waals surface area contributed by atoms with Gasteiger partial charge in [0.15, 0.2) is 17.3 Å². The molecule has 1 aliphatic heterocycles. The molecule has 0 amide bonds. The van der Waals surface area contributed by atoms with E-state index >= 15 is 0 Å². The topological polar surface area (TPSA) is 75.0 Å². The minimum atomic E-state index is -0.575. The second kappa shape index (κ2) is 5.40. The van der Waals surface area contributed by atoms with Crippen LogP contribution in [0.4, 0.5) is 0 Å². The van der Waals surface area contributed by atoms with Gasteiger partial charge in [-0.05, 0) is 23.8 Å². The molecule has 6 heteroatoms. The first-order valence-electron chi connectivity index (χ1n) is 7.66. The Kier molecular flexibility index (Phi) is 3.33. The number of ether oxygens (including phenoxy) is 3. The van der Waals surface area contributed by atoms with E-state index in [-0.39, 0.29) is 24.3 Å². The van der Waals surface area contributed by atoms with Gasteiger partial charge in [-0.25, -0.2) is 0 Å². The lowest BCUT2D eigenvalue weighted by molar-refractivity contribution is -0.141. The molecule has 0 unspecified atom stereocenters. The number of ketones is 1. The fourth-order valence-corrected chi connectivity index (χ4v) is 3.68. The van der Waals surface area contributed by atoms with E-state index in [1.54, 1.807) is 26.4 Å². The number of fused-ring (bicyclic) bond motifs is 2. The molecule has 124 valence electrons. The van der Waals surface area contributed by atoms with Crippen molar-refractivity contribution in [2.45, 2.75) is 5.92 Å². The molecule has 0 N–H and O–H groups in total. The Bertz CT molecular complexity index is 821. The highest BCUT2D eigenvalue weighted by atomic mass is 16.5. The Hall–Kier alpha value is -2.76. The molecule has 0 bridgehead atoms. The highest BCUT2D eigenvalue weighted by Gasteiger charge is 2.53. The molecule has 0 saturated carbocycles. The van der Waals surface area contributed by atoms with Gasteiger partial charge in [0.2, 0.25) is 0 Å². The largest absolute Gasteiger partial charge is 0.493 e. The molecule has 1 aromatic carbocycles. The van der Waals surface area contributed by atoms with Gasteiger partial charge >= 0.3 is 5.97 Å². The number of Topliss-reactive ketones (excluding diaryl/α,β-unsaturated/α-hetero) is 1. The van der Waals surface area contributed by atoms with Crippen molar-refractivity contribution in [3.05, 3.63) is 47.4 Å². The Balaban J connectivity index is 1.88. The molecule has 1 saturated heterocycles. The molecule has 2 heterocycles. The molecular formula is C18H16O6. The Labute approximate surface area is 138 Å². The van der Waals surface area contributed by atoms with Crippen molar-refractivity contribution in [2.24, 2.45) is 11.8 Å². The summed E-state index contributed by atoms with van der Waals surface area (Å²) in [5.74, 6) is -0.224. The summed E-state index contributed by atoms with van der Waals surface area (Å²) >= 11 is 0. The zero-order valence-electron chi connectivity index (χ0n) is 13.3. The first kappa shape index (κ1) is 14.8. The van der Waals surface area contributed by atoms with Gasteiger partial charge < -0.3 is 18.6 Å². The third-order valence-electron chi connectivity index (χ3n) is 4.82. The van der Waals surface area contributed by atoms with Gasteiger partial charge in [0.05, 0.1) is 43.8 Å². The molecule has 2 aliphatic rings. The number of furan rings is 1. The van der Waals surface area contributed by atoms with Crippen LogP contribution in [0.3, 0.4) is 0 Å². The van der Waals surface area contributed by atoms with Crippen LogP contribution in [0.25, 0.3) is 0 Å². The summed E-state index contributed by atoms with van der Waals surface area (Å²) in [7, 11) is 3.11. The zero-order valence-corrected chi connectivity index (χ0v) is 13.3. The van der Waals surface area contributed by atoms with E-state index < -0.39 is 11.8 Å². The monoisotopic (exact) mass is 328 g/mol. The molecule has 4 rings (SSSR count). The number of carbonyl (C=O) groups is 2. The fourth-order valence-electron chi connectivity index (χ4n) is 3.68. The number of methoxy groups -OCH3 is 2. The first-order valence-corrected chi connectivity index (χ1v) is 7.66. The summed E-state index contributed by atoms with van der Waals surface area (Å²) in [4.78, 5) is 24.8. The summed E-state index contributed by atoms with van der Waals surface area (Å²) in [6.07, 6.45) is 1.49. The summed E-state index contributed by atoms with van der Waals surface area (Å²) in [6, 6.07) is 7.11.